The third-order valence-corrected chi connectivity index (χ3v) is 3.10. The van der Waals surface area contributed by atoms with E-state index in [9.17, 15) is 4.79 Å². The summed E-state index contributed by atoms with van der Waals surface area (Å²) in [5.74, 6) is -0.743. The van der Waals surface area contributed by atoms with Crippen molar-refractivity contribution in [2.24, 2.45) is 0 Å². The summed E-state index contributed by atoms with van der Waals surface area (Å²) in [6.45, 7) is 3.43. The number of aliphatic carboxylic acids is 1. The van der Waals surface area contributed by atoms with Gasteiger partial charge in [0.15, 0.2) is 0 Å². The van der Waals surface area contributed by atoms with E-state index in [0.29, 0.717) is 0 Å². The summed E-state index contributed by atoms with van der Waals surface area (Å²) < 4.78 is 0. The predicted octanol–water partition coefficient (Wildman–Crippen LogP) is 0.720. The first kappa shape index (κ1) is 13.0. The molecule has 1 aromatic rings. The van der Waals surface area contributed by atoms with Crippen LogP contribution in [0.15, 0.2) is 24.4 Å². The van der Waals surface area contributed by atoms with Crippen LogP contribution >= 0.6 is 0 Å². The number of nitrogens with one attached hydrogen (secondary N) is 1. The summed E-state index contributed by atoms with van der Waals surface area (Å²) in [6, 6.07) is 5.92. The van der Waals surface area contributed by atoms with Crippen molar-refractivity contribution in [2.75, 3.05) is 19.6 Å². The first-order chi connectivity index (χ1) is 8.74. The largest absolute Gasteiger partial charge is 0.481 e. The van der Waals surface area contributed by atoms with Gasteiger partial charge in [0.05, 0.1) is 12.1 Å². The van der Waals surface area contributed by atoms with E-state index in [2.05, 4.69) is 15.2 Å². The molecule has 98 valence electrons. The number of pyridine rings is 1. The SMILES string of the molecule is O=C(O)CC1CN(Cc2ccccn2)CCCN1. The molecule has 2 rings (SSSR count). The molecule has 5 heteroatoms. The third kappa shape index (κ3) is 4.09. The molecule has 0 saturated carbocycles. The van der Waals surface area contributed by atoms with Gasteiger partial charge in [-0.3, -0.25) is 14.7 Å². The van der Waals surface area contributed by atoms with Crippen LogP contribution < -0.4 is 5.32 Å². The van der Waals surface area contributed by atoms with Crippen LogP contribution in [0.1, 0.15) is 18.5 Å². The van der Waals surface area contributed by atoms with E-state index in [-0.39, 0.29) is 12.5 Å². The van der Waals surface area contributed by atoms with Gasteiger partial charge in [0.25, 0.3) is 0 Å². The second-order valence-electron chi connectivity index (χ2n) is 4.66. The number of hydrogen-bond acceptors (Lipinski definition) is 4. The number of rotatable bonds is 4. The molecule has 18 heavy (non-hydrogen) atoms. The van der Waals surface area contributed by atoms with Gasteiger partial charge in [-0.15, -0.1) is 0 Å². The Kier molecular flexibility index (Phi) is 4.66. The molecule has 0 amide bonds. The third-order valence-electron chi connectivity index (χ3n) is 3.10. The molecule has 1 aliphatic heterocycles. The number of nitrogens with zero attached hydrogens (tertiary/aromatic N) is 2. The summed E-state index contributed by atoms with van der Waals surface area (Å²) in [5, 5.41) is 12.1. The Labute approximate surface area is 107 Å². The molecule has 1 aliphatic rings. The Morgan fingerprint density at radius 2 is 2.44 bits per heavy atom. The molecule has 1 unspecified atom stereocenters. The highest BCUT2D eigenvalue weighted by molar-refractivity contribution is 5.67. The van der Waals surface area contributed by atoms with Gasteiger partial charge in [-0.05, 0) is 31.6 Å². The molecule has 0 bridgehead atoms. The Morgan fingerprint density at radius 1 is 1.56 bits per heavy atom. The number of hydrogen-bond donors (Lipinski definition) is 2. The maximum Gasteiger partial charge on any atom is 0.304 e. The van der Waals surface area contributed by atoms with Gasteiger partial charge in [0.2, 0.25) is 0 Å². The predicted molar refractivity (Wildman–Crippen MR) is 68.2 cm³/mol. The maximum atomic E-state index is 10.8. The summed E-state index contributed by atoms with van der Waals surface area (Å²) >= 11 is 0. The van der Waals surface area contributed by atoms with Crippen molar-refractivity contribution in [2.45, 2.75) is 25.4 Å². The number of carboxylic acid groups (broad SMARTS) is 1. The van der Waals surface area contributed by atoms with Gasteiger partial charge in [0, 0.05) is 25.3 Å². The van der Waals surface area contributed by atoms with E-state index in [0.717, 1.165) is 38.3 Å². The van der Waals surface area contributed by atoms with Crippen molar-refractivity contribution < 1.29 is 9.90 Å². The summed E-state index contributed by atoms with van der Waals surface area (Å²) in [7, 11) is 0. The monoisotopic (exact) mass is 249 g/mol. The van der Waals surface area contributed by atoms with E-state index in [1.807, 2.05) is 18.2 Å². The lowest BCUT2D eigenvalue weighted by molar-refractivity contribution is -0.137. The van der Waals surface area contributed by atoms with E-state index < -0.39 is 5.97 Å². The van der Waals surface area contributed by atoms with E-state index in [1.165, 1.54) is 0 Å². The fraction of sp³-hybridized carbons (Fsp3) is 0.538. The second-order valence-corrected chi connectivity index (χ2v) is 4.66. The van der Waals surface area contributed by atoms with Crippen LogP contribution in [0.2, 0.25) is 0 Å². The molecule has 0 spiro atoms. The van der Waals surface area contributed by atoms with Crippen LogP contribution in [-0.4, -0.2) is 46.6 Å². The van der Waals surface area contributed by atoms with Crippen molar-refractivity contribution in [3.05, 3.63) is 30.1 Å². The summed E-state index contributed by atoms with van der Waals surface area (Å²) in [6.07, 6.45) is 3.02. The molecule has 0 radical (unpaired) electrons. The lowest BCUT2D eigenvalue weighted by atomic mass is 10.2. The van der Waals surface area contributed by atoms with Crippen LogP contribution in [0, 0.1) is 0 Å². The number of carbonyl (C=O) groups is 1. The highest BCUT2D eigenvalue weighted by Gasteiger charge is 2.20. The first-order valence-corrected chi connectivity index (χ1v) is 6.31. The fourth-order valence-electron chi connectivity index (χ4n) is 2.29. The van der Waals surface area contributed by atoms with Gasteiger partial charge < -0.3 is 10.4 Å². The van der Waals surface area contributed by atoms with Crippen molar-refractivity contribution in [3.63, 3.8) is 0 Å². The van der Waals surface area contributed by atoms with Crippen LogP contribution in [0.5, 0.6) is 0 Å². The highest BCUT2D eigenvalue weighted by Crippen LogP contribution is 2.08. The topological polar surface area (TPSA) is 65.5 Å². The molecule has 1 saturated heterocycles. The lowest BCUT2D eigenvalue weighted by Gasteiger charge is -2.23. The van der Waals surface area contributed by atoms with E-state index in [1.54, 1.807) is 6.20 Å². The Morgan fingerprint density at radius 3 is 3.17 bits per heavy atom. The molecular weight excluding hydrogens is 230 g/mol. The van der Waals surface area contributed by atoms with Crippen LogP contribution in [0.25, 0.3) is 0 Å². The lowest BCUT2D eigenvalue weighted by Crippen LogP contribution is -2.39. The van der Waals surface area contributed by atoms with Crippen molar-refractivity contribution in [1.82, 2.24) is 15.2 Å². The molecule has 0 aromatic carbocycles. The summed E-state index contributed by atoms with van der Waals surface area (Å²) in [4.78, 5) is 17.4. The first-order valence-electron chi connectivity index (χ1n) is 6.31. The average molecular weight is 249 g/mol. The van der Waals surface area contributed by atoms with Gasteiger partial charge in [-0.25, -0.2) is 0 Å². The minimum absolute atomic E-state index is 0.0358. The zero-order valence-electron chi connectivity index (χ0n) is 10.4. The van der Waals surface area contributed by atoms with Crippen LogP contribution in [0.4, 0.5) is 0 Å². The Bertz CT molecular complexity index is 383. The van der Waals surface area contributed by atoms with E-state index in [4.69, 9.17) is 5.11 Å². The molecule has 1 fully saturated rings. The molecule has 1 atom stereocenters. The Hall–Kier alpha value is -1.46. The van der Waals surface area contributed by atoms with Crippen molar-refractivity contribution in [3.8, 4) is 0 Å². The number of carboxylic acids is 1. The van der Waals surface area contributed by atoms with E-state index >= 15 is 0 Å². The van der Waals surface area contributed by atoms with Gasteiger partial charge in [-0.2, -0.15) is 0 Å². The minimum Gasteiger partial charge on any atom is -0.481 e. The second kappa shape index (κ2) is 6.47. The zero-order chi connectivity index (χ0) is 12.8. The molecule has 1 aromatic heterocycles. The molecule has 5 nitrogen and oxygen atoms in total. The standard InChI is InChI=1S/C13H19N3O2/c17-13(18)8-12-10-16(7-3-6-15-12)9-11-4-1-2-5-14-11/h1-2,4-5,12,15H,3,6-10H2,(H,17,18). The zero-order valence-corrected chi connectivity index (χ0v) is 10.4. The van der Waals surface area contributed by atoms with Crippen molar-refractivity contribution in [1.29, 1.82) is 0 Å². The van der Waals surface area contributed by atoms with Crippen molar-refractivity contribution >= 4 is 5.97 Å². The smallest absolute Gasteiger partial charge is 0.304 e. The highest BCUT2D eigenvalue weighted by atomic mass is 16.4. The van der Waals surface area contributed by atoms with Gasteiger partial charge >= 0.3 is 5.97 Å². The molecular formula is C13H19N3O2. The maximum absolute atomic E-state index is 10.8. The van der Waals surface area contributed by atoms with Crippen LogP contribution in [0.3, 0.4) is 0 Å². The number of aromatic nitrogens is 1. The van der Waals surface area contributed by atoms with Crippen LogP contribution in [-0.2, 0) is 11.3 Å². The fourth-order valence-corrected chi connectivity index (χ4v) is 2.29. The molecule has 2 heterocycles. The van der Waals surface area contributed by atoms with Gasteiger partial charge in [0.1, 0.15) is 0 Å². The van der Waals surface area contributed by atoms with Gasteiger partial charge in [-0.1, -0.05) is 6.07 Å². The molecule has 0 aliphatic carbocycles. The summed E-state index contributed by atoms with van der Waals surface area (Å²) in [5.41, 5.74) is 1.04. The quantitative estimate of drug-likeness (QED) is 0.823. The normalized spacial score (nSPS) is 21.4. The average Bonchev–Trinajstić information content (AvgIpc) is 2.55. The molecule has 2 N–H and O–H groups in total. The Balaban J connectivity index is 1.92. The minimum atomic E-state index is -0.743.